The van der Waals surface area contributed by atoms with Crippen molar-refractivity contribution in [2.75, 3.05) is 23.3 Å². The number of alkyl halides is 3. The Morgan fingerprint density at radius 1 is 1.18 bits per heavy atom. The number of aromatic nitrogens is 4. The highest BCUT2D eigenvalue weighted by molar-refractivity contribution is 6.03. The zero-order valence-electron chi connectivity index (χ0n) is 15.0. The first-order chi connectivity index (χ1) is 13.3. The number of carbonyl (C=O) groups is 1. The summed E-state index contributed by atoms with van der Waals surface area (Å²) in [7, 11) is 0. The molecule has 0 radical (unpaired) electrons. The van der Waals surface area contributed by atoms with Gasteiger partial charge >= 0.3 is 6.18 Å². The van der Waals surface area contributed by atoms with E-state index in [9.17, 15) is 18.0 Å². The third-order valence-electron chi connectivity index (χ3n) is 4.65. The third kappa shape index (κ3) is 3.37. The number of aryl methyl sites for hydroxylation is 1. The van der Waals surface area contributed by atoms with Gasteiger partial charge in [-0.05, 0) is 44.0 Å². The van der Waals surface area contributed by atoms with E-state index >= 15 is 0 Å². The lowest BCUT2D eigenvalue weighted by atomic mass is 10.1. The minimum atomic E-state index is -4.51. The molecule has 3 heterocycles. The van der Waals surface area contributed by atoms with Gasteiger partial charge in [0.2, 0.25) is 5.82 Å². The van der Waals surface area contributed by atoms with Crippen LogP contribution in [0.3, 0.4) is 0 Å². The van der Waals surface area contributed by atoms with Crippen LogP contribution >= 0.6 is 0 Å². The van der Waals surface area contributed by atoms with Crippen LogP contribution < -0.4 is 10.2 Å². The number of hydrogen-bond donors (Lipinski definition) is 1. The SMILES string of the molecule is Cc1ccnc2nc(C(=O)Nc3cc(C(F)(F)F)ccc3N3CCCC3)nn12. The maximum atomic E-state index is 13.2. The predicted octanol–water partition coefficient (Wildman–Crippen LogP) is 3.30. The van der Waals surface area contributed by atoms with Crippen molar-refractivity contribution < 1.29 is 18.0 Å². The Kier molecular flexibility index (Phi) is 4.40. The molecular weight excluding hydrogens is 373 g/mol. The van der Waals surface area contributed by atoms with E-state index in [1.165, 1.54) is 10.6 Å². The maximum Gasteiger partial charge on any atom is 0.416 e. The number of nitrogens with zero attached hydrogens (tertiary/aromatic N) is 5. The van der Waals surface area contributed by atoms with Crippen LogP contribution in [0.15, 0.2) is 30.5 Å². The van der Waals surface area contributed by atoms with Crippen molar-refractivity contribution >= 4 is 23.1 Å². The second-order valence-corrected chi connectivity index (χ2v) is 6.61. The average Bonchev–Trinajstić information content (AvgIpc) is 3.31. The fraction of sp³-hybridized carbons (Fsp3) is 0.333. The molecule has 2 aromatic heterocycles. The molecule has 1 N–H and O–H groups in total. The number of halogens is 3. The Bertz CT molecular complexity index is 1040. The smallest absolute Gasteiger partial charge is 0.370 e. The summed E-state index contributed by atoms with van der Waals surface area (Å²) in [6.45, 7) is 3.23. The van der Waals surface area contributed by atoms with Crippen LogP contribution in [0.4, 0.5) is 24.5 Å². The number of benzene rings is 1. The quantitative estimate of drug-likeness (QED) is 0.743. The minimum Gasteiger partial charge on any atom is -0.370 e. The number of anilines is 2. The van der Waals surface area contributed by atoms with E-state index in [1.54, 1.807) is 19.2 Å². The molecule has 1 aliphatic rings. The molecule has 1 saturated heterocycles. The van der Waals surface area contributed by atoms with E-state index in [4.69, 9.17) is 0 Å². The van der Waals surface area contributed by atoms with Gasteiger partial charge in [-0.3, -0.25) is 4.79 Å². The number of amides is 1. The molecule has 0 unspecified atom stereocenters. The van der Waals surface area contributed by atoms with Crippen molar-refractivity contribution in [1.82, 2.24) is 19.6 Å². The molecule has 1 fully saturated rings. The summed E-state index contributed by atoms with van der Waals surface area (Å²) < 4.78 is 40.9. The van der Waals surface area contributed by atoms with E-state index in [2.05, 4.69) is 20.4 Å². The summed E-state index contributed by atoms with van der Waals surface area (Å²) in [5.41, 5.74) is 0.543. The first-order valence-corrected chi connectivity index (χ1v) is 8.79. The van der Waals surface area contributed by atoms with Crippen molar-refractivity contribution in [1.29, 1.82) is 0 Å². The normalized spacial score (nSPS) is 14.6. The summed E-state index contributed by atoms with van der Waals surface area (Å²) in [6.07, 6.45) is -1.06. The minimum absolute atomic E-state index is 0.0882. The van der Waals surface area contributed by atoms with Gasteiger partial charge in [0.25, 0.3) is 11.7 Å². The summed E-state index contributed by atoms with van der Waals surface area (Å²) in [4.78, 5) is 22.7. The largest absolute Gasteiger partial charge is 0.416 e. The number of hydrogen-bond acceptors (Lipinski definition) is 5. The molecule has 7 nitrogen and oxygen atoms in total. The molecule has 1 amide bonds. The summed E-state index contributed by atoms with van der Waals surface area (Å²) >= 11 is 0. The second kappa shape index (κ2) is 6.77. The van der Waals surface area contributed by atoms with Gasteiger partial charge in [0.1, 0.15) is 0 Å². The van der Waals surface area contributed by atoms with Crippen LogP contribution in [0.2, 0.25) is 0 Å². The molecule has 1 aromatic carbocycles. The zero-order chi connectivity index (χ0) is 19.9. The van der Waals surface area contributed by atoms with Gasteiger partial charge in [0, 0.05) is 25.0 Å². The number of carbonyl (C=O) groups excluding carboxylic acids is 1. The first-order valence-electron chi connectivity index (χ1n) is 8.79. The van der Waals surface area contributed by atoms with Crippen molar-refractivity contribution in [2.45, 2.75) is 25.9 Å². The molecule has 0 atom stereocenters. The van der Waals surface area contributed by atoms with Crippen LogP contribution in [0.25, 0.3) is 5.78 Å². The number of rotatable bonds is 3. The van der Waals surface area contributed by atoms with Gasteiger partial charge in [-0.25, -0.2) is 9.50 Å². The van der Waals surface area contributed by atoms with E-state index in [0.717, 1.165) is 43.8 Å². The van der Waals surface area contributed by atoms with E-state index in [0.29, 0.717) is 5.69 Å². The van der Waals surface area contributed by atoms with Crippen LogP contribution in [-0.2, 0) is 6.18 Å². The lowest BCUT2D eigenvalue weighted by Gasteiger charge is -2.22. The van der Waals surface area contributed by atoms with Gasteiger partial charge in [0.15, 0.2) is 0 Å². The molecule has 3 aromatic rings. The van der Waals surface area contributed by atoms with Gasteiger partial charge < -0.3 is 10.2 Å². The van der Waals surface area contributed by atoms with E-state index < -0.39 is 17.6 Å². The highest BCUT2D eigenvalue weighted by atomic mass is 19.4. The zero-order valence-corrected chi connectivity index (χ0v) is 15.0. The molecular formula is C18H17F3N6O. The lowest BCUT2D eigenvalue weighted by molar-refractivity contribution is -0.137. The molecule has 1 aliphatic heterocycles. The van der Waals surface area contributed by atoms with Crippen LogP contribution in [-0.4, -0.2) is 38.6 Å². The summed E-state index contributed by atoms with van der Waals surface area (Å²) in [6, 6.07) is 5.08. The number of nitrogens with one attached hydrogen (secondary N) is 1. The highest BCUT2D eigenvalue weighted by Gasteiger charge is 2.32. The van der Waals surface area contributed by atoms with E-state index in [-0.39, 0.29) is 17.3 Å². The molecule has 0 aliphatic carbocycles. The van der Waals surface area contributed by atoms with Crippen molar-refractivity contribution in [3.8, 4) is 0 Å². The summed E-state index contributed by atoms with van der Waals surface area (Å²) in [5.74, 6) is -0.606. The summed E-state index contributed by atoms with van der Waals surface area (Å²) in [5, 5.41) is 6.65. The Balaban J connectivity index is 1.69. The average molecular weight is 390 g/mol. The topological polar surface area (TPSA) is 75.4 Å². The monoisotopic (exact) mass is 390 g/mol. The van der Waals surface area contributed by atoms with Gasteiger partial charge in [0.05, 0.1) is 16.9 Å². The Labute approximate surface area is 158 Å². The number of fused-ring (bicyclic) bond motifs is 1. The predicted molar refractivity (Wildman–Crippen MR) is 96.4 cm³/mol. The van der Waals surface area contributed by atoms with Crippen molar-refractivity contribution in [3.05, 3.63) is 47.5 Å². The molecule has 0 spiro atoms. The molecule has 4 rings (SSSR count). The standard InChI is InChI=1S/C18H17F3N6O/c1-11-6-7-22-17-24-15(25-27(11)17)16(28)23-13-10-12(18(19,20)21)4-5-14(13)26-8-2-3-9-26/h4-7,10H,2-3,8-9H2,1H3,(H,23,28). The fourth-order valence-electron chi connectivity index (χ4n) is 3.23. The van der Waals surface area contributed by atoms with Crippen molar-refractivity contribution in [3.63, 3.8) is 0 Å². The van der Waals surface area contributed by atoms with Crippen LogP contribution in [0.1, 0.15) is 34.7 Å². The fourth-order valence-corrected chi connectivity index (χ4v) is 3.23. The van der Waals surface area contributed by atoms with Crippen molar-refractivity contribution in [2.24, 2.45) is 0 Å². The third-order valence-corrected chi connectivity index (χ3v) is 4.65. The Morgan fingerprint density at radius 3 is 2.61 bits per heavy atom. The van der Waals surface area contributed by atoms with Crippen LogP contribution in [0, 0.1) is 6.92 Å². The van der Waals surface area contributed by atoms with Gasteiger partial charge in [-0.2, -0.15) is 18.2 Å². The van der Waals surface area contributed by atoms with E-state index in [1.807, 2.05) is 4.90 Å². The molecule has 28 heavy (non-hydrogen) atoms. The Morgan fingerprint density at radius 2 is 1.93 bits per heavy atom. The lowest BCUT2D eigenvalue weighted by Crippen LogP contribution is -2.22. The molecule has 146 valence electrons. The van der Waals surface area contributed by atoms with Gasteiger partial charge in [-0.15, -0.1) is 5.10 Å². The second-order valence-electron chi connectivity index (χ2n) is 6.61. The highest BCUT2D eigenvalue weighted by Crippen LogP contribution is 2.36. The van der Waals surface area contributed by atoms with Crippen LogP contribution in [0.5, 0.6) is 0 Å². The van der Waals surface area contributed by atoms with Gasteiger partial charge in [-0.1, -0.05) is 0 Å². The Hall–Kier alpha value is -3.17. The first kappa shape index (κ1) is 18.2. The molecule has 0 saturated carbocycles. The maximum absolute atomic E-state index is 13.2. The molecule has 0 bridgehead atoms. The molecule has 10 heteroatoms.